The van der Waals surface area contributed by atoms with E-state index < -0.39 is 5.91 Å². The number of rotatable bonds is 5. The van der Waals surface area contributed by atoms with E-state index in [0.29, 0.717) is 41.3 Å². The predicted molar refractivity (Wildman–Crippen MR) is 168 cm³/mol. The first-order valence-corrected chi connectivity index (χ1v) is 15.5. The van der Waals surface area contributed by atoms with Crippen LogP contribution >= 0.6 is 0 Å². The Bertz CT molecular complexity index is 1590. The van der Waals surface area contributed by atoms with E-state index in [9.17, 15) is 4.79 Å². The van der Waals surface area contributed by atoms with E-state index in [-0.39, 0.29) is 0 Å². The molecule has 3 aliphatic rings. The average Bonchev–Trinajstić information content (AvgIpc) is 3.48. The Morgan fingerprint density at radius 3 is 2.58 bits per heavy atom. The minimum absolute atomic E-state index is 0.381. The zero-order valence-electron chi connectivity index (χ0n) is 24.7. The predicted octanol–water partition coefficient (Wildman–Crippen LogP) is 5.07. The molecular formula is C34H39N7O2. The number of fused-ring (bicyclic) bond motifs is 2. The van der Waals surface area contributed by atoms with Gasteiger partial charge in [0.25, 0.3) is 0 Å². The highest BCUT2D eigenvalue weighted by atomic mass is 16.4. The second kappa shape index (κ2) is 11.8. The lowest BCUT2D eigenvalue weighted by Gasteiger charge is -2.50. The van der Waals surface area contributed by atoms with E-state index >= 15 is 0 Å². The number of anilines is 2. The van der Waals surface area contributed by atoms with Crippen LogP contribution in [0.2, 0.25) is 0 Å². The molecule has 2 aliphatic heterocycles. The second-order valence-electron chi connectivity index (χ2n) is 12.3. The zero-order chi connectivity index (χ0) is 29.3. The van der Waals surface area contributed by atoms with E-state index in [0.717, 1.165) is 55.1 Å². The minimum Gasteiger partial charge on any atom is -0.421 e. The summed E-state index contributed by atoms with van der Waals surface area (Å²) in [6.07, 6.45) is 8.05. The van der Waals surface area contributed by atoms with E-state index in [1.54, 1.807) is 6.07 Å². The summed E-state index contributed by atoms with van der Waals surface area (Å²) < 4.78 is 5.63. The molecule has 1 amide bonds. The Morgan fingerprint density at radius 2 is 1.77 bits per heavy atom. The summed E-state index contributed by atoms with van der Waals surface area (Å²) in [5.41, 5.74) is 10.3. The molecule has 1 saturated carbocycles. The van der Waals surface area contributed by atoms with Crippen molar-refractivity contribution in [2.75, 3.05) is 36.0 Å². The smallest absolute Gasteiger partial charge is 0.248 e. The number of nitrogens with zero attached hydrogens (tertiary/aromatic N) is 5. The number of hydrogen-bond donors (Lipinski definition) is 2. The lowest BCUT2D eigenvalue weighted by atomic mass is 9.80. The van der Waals surface area contributed by atoms with Crippen LogP contribution in [0.5, 0.6) is 0 Å². The van der Waals surface area contributed by atoms with Crippen LogP contribution in [0.1, 0.15) is 48.4 Å². The SMILES string of the molecule is Cc1nnc(-c2ccc(N3CCC4C(CNC5CCCCC5CN4c4cc(-c5cccc(C(N)=O)c5)ccn4)C3)cc2)o1. The van der Waals surface area contributed by atoms with Gasteiger partial charge in [0.05, 0.1) is 0 Å². The number of amides is 1. The number of nitrogens with two attached hydrogens (primary N) is 1. The molecule has 0 bridgehead atoms. The highest BCUT2D eigenvalue weighted by Crippen LogP contribution is 2.36. The average molecular weight is 578 g/mol. The quantitative estimate of drug-likeness (QED) is 0.338. The molecule has 0 radical (unpaired) electrons. The summed E-state index contributed by atoms with van der Waals surface area (Å²) in [4.78, 5) is 21.9. The molecule has 7 rings (SSSR count). The molecule has 3 N–H and O–H groups in total. The maximum atomic E-state index is 11.9. The number of benzene rings is 2. The third-order valence-corrected chi connectivity index (χ3v) is 9.60. The minimum atomic E-state index is -0.412. The van der Waals surface area contributed by atoms with Crippen LogP contribution in [0.25, 0.3) is 22.6 Å². The largest absolute Gasteiger partial charge is 0.421 e. The van der Waals surface area contributed by atoms with Gasteiger partial charge in [0.15, 0.2) is 0 Å². The summed E-state index contributed by atoms with van der Waals surface area (Å²) >= 11 is 0. The Morgan fingerprint density at radius 1 is 0.930 bits per heavy atom. The molecule has 3 fully saturated rings. The lowest BCUT2D eigenvalue weighted by Crippen LogP contribution is -2.60. The van der Waals surface area contributed by atoms with Crippen molar-refractivity contribution in [3.63, 3.8) is 0 Å². The van der Waals surface area contributed by atoms with Crippen LogP contribution in [0.3, 0.4) is 0 Å². The molecule has 4 heterocycles. The molecule has 1 aliphatic carbocycles. The number of hydrogen-bond acceptors (Lipinski definition) is 8. The molecular weight excluding hydrogens is 538 g/mol. The van der Waals surface area contributed by atoms with Crippen molar-refractivity contribution in [3.05, 3.63) is 78.3 Å². The topological polar surface area (TPSA) is 113 Å². The molecule has 2 aromatic heterocycles. The molecule has 4 atom stereocenters. The first-order chi connectivity index (χ1) is 21.0. The monoisotopic (exact) mass is 577 g/mol. The van der Waals surface area contributed by atoms with E-state index in [1.807, 2.05) is 37.4 Å². The van der Waals surface area contributed by atoms with Crippen molar-refractivity contribution < 1.29 is 9.21 Å². The highest BCUT2D eigenvalue weighted by molar-refractivity contribution is 5.94. The van der Waals surface area contributed by atoms with Crippen LogP contribution in [0, 0.1) is 18.8 Å². The molecule has 222 valence electrons. The molecule has 0 spiro atoms. The number of aryl methyl sites for hydroxylation is 1. The van der Waals surface area contributed by atoms with Gasteiger partial charge >= 0.3 is 0 Å². The van der Waals surface area contributed by atoms with E-state index in [4.69, 9.17) is 15.1 Å². The molecule has 4 aromatic rings. The van der Waals surface area contributed by atoms with Crippen LogP contribution in [0.15, 0.2) is 71.3 Å². The molecule has 4 unspecified atom stereocenters. The van der Waals surface area contributed by atoms with Crippen LogP contribution in [0.4, 0.5) is 11.5 Å². The normalized spacial score (nSPS) is 24.0. The van der Waals surface area contributed by atoms with Crippen molar-refractivity contribution in [1.29, 1.82) is 0 Å². The first-order valence-electron chi connectivity index (χ1n) is 15.5. The second-order valence-corrected chi connectivity index (χ2v) is 12.3. The van der Waals surface area contributed by atoms with Crippen LogP contribution in [-0.2, 0) is 0 Å². The molecule has 2 aromatic carbocycles. The number of pyridine rings is 1. The van der Waals surface area contributed by atoms with Gasteiger partial charge in [-0.25, -0.2) is 4.98 Å². The fourth-order valence-corrected chi connectivity index (χ4v) is 7.35. The number of nitrogens with one attached hydrogen (secondary N) is 1. The Labute approximate surface area is 252 Å². The number of carbonyl (C=O) groups excluding carboxylic acids is 1. The van der Waals surface area contributed by atoms with Gasteiger partial charge in [-0.15, -0.1) is 10.2 Å². The number of carbonyl (C=O) groups is 1. The van der Waals surface area contributed by atoms with Gasteiger partial charge in [0, 0.05) is 74.1 Å². The highest BCUT2D eigenvalue weighted by Gasteiger charge is 2.39. The van der Waals surface area contributed by atoms with Crippen molar-refractivity contribution in [1.82, 2.24) is 20.5 Å². The van der Waals surface area contributed by atoms with Crippen molar-refractivity contribution in [2.24, 2.45) is 17.6 Å². The molecule has 9 heteroatoms. The summed E-state index contributed by atoms with van der Waals surface area (Å²) in [5.74, 6) is 2.79. The van der Waals surface area contributed by atoms with E-state index in [2.05, 4.69) is 55.6 Å². The third kappa shape index (κ3) is 5.73. The molecule has 9 nitrogen and oxygen atoms in total. The summed E-state index contributed by atoms with van der Waals surface area (Å²) in [6, 6.07) is 21.2. The van der Waals surface area contributed by atoms with Gasteiger partial charge in [-0.2, -0.15) is 0 Å². The lowest BCUT2D eigenvalue weighted by molar-refractivity contribution is 0.100. The van der Waals surface area contributed by atoms with Crippen molar-refractivity contribution >= 4 is 17.4 Å². The van der Waals surface area contributed by atoms with Gasteiger partial charge in [-0.05, 0) is 84.8 Å². The Hall–Kier alpha value is -4.24. The van der Waals surface area contributed by atoms with Crippen LogP contribution < -0.4 is 20.9 Å². The standard InChI is InChI=1S/C34H39N7O2/c1-22-38-39-34(43-22)23-9-11-29(12-10-23)40-16-14-31-28(20-40)19-37-30-8-3-2-5-27(30)21-41(31)32-18-25(13-15-36-32)24-6-4-7-26(17-24)33(35)42/h4,6-7,9-13,15,17-18,27-28,30-31,37H,2-3,5,8,14,16,19-21H2,1H3,(H2,35,42). The Balaban J connectivity index is 1.16. The maximum absolute atomic E-state index is 11.9. The van der Waals surface area contributed by atoms with Crippen LogP contribution in [-0.4, -0.2) is 59.4 Å². The van der Waals surface area contributed by atoms with Gasteiger partial charge in [-0.3, -0.25) is 4.79 Å². The zero-order valence-corrected chi connectivity index (χ0v) is 24.7. The Kier molecular flexibility index (Phi) is 7.57. The first kappa shape index (κ1) is 27.6. The van der Waals surface area contributed by atoms with Gasteiger partial charge in [0.2, 0.25) is 17.7 Å². The van der Waals surface area contributed by atoms with Gasteiger partial charge < -0.3 is 25.3 Å². The van der Waals surface area contributed by atoms with Crippen molar-refractivity contribution in [3.8, 4) is 22.6 Å². The summed E-state index contributed by atoms with van der Waals surface area (Å²) in [6.45, 7) is 5.77. The van der Waals surface area contributed by atoms with Gasteiger partial charge in [0.1, 0.15) is 5.82 Å². The fourth-order valence-electron chi connectivity index (χ4n) is 7.35. The number of piperidine rings is 1. The third-order valence-electron chi connectivity index (χ3n) is 9.60. The number of aromatic nitrogens is 3. The van der Waals surface area contributed by atoms with Crippen molar-refractivity contribution in [2.45, 2.75) is 51.1 Å². The fraction of sp³-hybridized carbons (Fsp3) is 0.412. The van der Waals surface area contributed by atoms with Gasteiger partial charge in [-0.1, -0.05) is 25.0 Å². The summed E-state index contributed by atoms with van der Waals surface area (Å²) in [7, 11) is 0. The molecule has 2 saturated heterocycles. The molecule has 43 heavy (non-hydrogen) atoms. The maximum Gasteiger partial charge on any atom is 0.248 e. The van der Waals surface area contributed by atoms with E-state index in [1.165, 1.54) is 31.4 Å². The number of primary amides is 1. The summed E-state index contributed by atoms with van der Waals surface area (Å²) in [5, 5.41) is 12.1.